The van der Waals surface area contributed by atoms with E-state index in [4.69, 9.17) is 51.4 Å². The summed E-state index contributed by atoms with van der Waals surface area (Å²) < 4.78 is 5.61. The summed E-state index contributed by atoms with van der Waals surface area (Å²) in [4.78, 5) is 24.3. The van der Waals surface area contributed by atoms with Crippen molar-refractivity contribution < 1.29 is 14.0 Å². The van der Waals surface area contributed by atoms with Gasteiger partial charge in [-0.3, -0.25) is 14.9 Å². The van der Waals surface area contributed by atoms with Gasteiger partial charge in [-0.2, -0.15) is 0 Å². The quantitative estimate of drug-likeness (QED) is 0.319. The van der Waals surface area contributed by atoms with Gasteiger partial charge in [0, 0.05) is 17.7 Å². The first-order chi connectivity index (χ1) is 15.3. The average molecular weight is 511 g/mol. The Labute approximate surface area is 205 Å². The zero-order valence-electron chi connectivity index (χ0n) is 16.8. The molecule has 0 saturated heterocycles. The monoisotopic (exact) mass is 509 g/mol. The van der Waals surface area contributed by atoms with Crippen molar-refractivity contribution in [1.82, 2.24) is 5.32 Å². The van der Waals surface area contributed by atoms with Gasteiger partial charge in [-0.1, -0.05) is 41.7 Å². The molecule has 2 aromatic carbocycles. The molecule has 0 unspecified atom stereocenters. The van der Waals surface area contributed by atoms with Gasteiger partial charge in [0.05, 0.1) is 20.8 Å². The van der Waals surface area contributed by atoms with Gasteiger partial charge in [0.15, 0.2) is 10.9 Å². The molecule has 1 heterocycles. The second kappa shape index (κ2) is 10.8. The third-order valence-corrected chi connectivity index (χ3v) is 5.51. The van der Waals surface area contributed by atoms with Crippen molar-refractivity contribution in [1.29, 1.82) is 0 Å². The zero-order chi connectivity index (χ0) is 23.3. The summed E-state index contributed by atoms with van der Waals surface area (Å²) in [5.74, 6) is -0.141. The summed E-state index contributed by atoms with van der Waals surface area (Å²) >= 11 is 23.4. The fourth-order valence-electron chi connectivity index (χ4n) is 2.73. The zero-order valence-corrected chi connectivity index (χ0v) is 19.9. The highest BCUT2D eigenvalue weighted by Crippen LogP contribution is 2.30. The van der Waals surface area contributed by atoms with E-state index in [1.807, 2.05) is 6.92 Å². The number of hydrogen-bond acceptors (Lipinski definition) is 4. The number of amides is 2. The minimum atomic E-state index is -0.544. The van der Waals surface area contributed by atoms with Gasteiger partial charge in [-0.25, -0.2) is 0 Å². The van der Waals surface area contributed by atoms with Crippen molar-refractivity contribution in [2.24, 2.45) is 0 Å². The first kappa shape index (κ1) is 24.1. The molecule has 166 valence electrons. The second-order valence-electron chi connectivity index (χ2n) is 6.69. The number of furan rings is 1. The molecule has 3 aromatic rings. The van der Waals surface area contributed by atoms with E-state index in [0.717, 1.165) is 6.42 Å². The average Bonchev–Trinajstić information content (AvgIpc) is 3.23. The first-order valence-corrected chi connectivity index (χ1v) is 11.1. The van der Waals surface area contributed by atoms with Crippen molar-refractivity contribution in [3.05, 3.63) is 69.4 Å². The lowest BCUT2D eigenvalue weighted by atomic mass is 10.2. The summed E-state index contributed by atoms with van der Waals surface area (Å²) in [6.45, 7) is 1.92. The SMILES string of the molecule is CCCC(=O)Nc1ccc(Cl)c(NC(=S)NC(=O)c2ccc(-c3ccc(Cl)c(Cl)c3)o2)c1. The van der Waals surface area contributed by atoms with Crippen LogP contribution in [-0.4, -0.2) is 16.9 Å². The van der Waals surface area contributed by atoms with Gasteiger partial charge in [0.1, 0.15) is 5.76 Å². The molecule has 0 saturated carbocycles. The lowest BCUT2D eigenvalue weighted by Gasteiger charge is -2.12. The molecule has 0 aliphatic carbocycles. The molecular weight excluding hydrogens is 493 g/mol. The molecule has 3 N–H and O–H groups in total. The van der Waals surface area contributed by atoms with Crippen LogP contribution in [0, 0.1) is 0 Å². The van der Waals surface area contributed by atoms with E-state index in [0.29, 0.717) is 44.2 Å². The Hall–Kier alpha value is -2.58. The summed E-state index contributed by atoms with van der Waals surface area (Å²) in [6.07, 6.45) is 1.15. The van der Waals surface area contributed by atoms with Gasteiger partial charge in [-0.15, -0.1) is 0 Å². The Morgan fingerprint density at radius 2 is 1.69 bits per heavy atom. The van der Waals surface area contributed by atoms with Gasteiger partial charge < -0.3 is 15.1 Å². The fourth-order valence-corrected chi connectivity index (χ4v) is 3.40. The Kier molecular flexibility index (Phi) is 8.15. The van der Waals surface area contributed by atoms with E-state index in [1.165, 1.54) is 6.07 Å². The maximum atomic E-state index is 12.5. The van der Waals surface area contributed by atoms with E-state index in [2.05, 4.69) is 16.0 Å². The lowest BCUT2D eigenvalue weighted by molar-refractivity contribution is -0.116. The number of thiocarbonyl (C=S) groups is 1. The fraction of sp³-hybridized carbons (Fsp3) is 0.136. The number of carbonyl (C=O) groups is 2. The van der Waals surface area contributed by atoms with Crippen molar-refractivity contribution >= 4 is 75.3 Å². The van der Waals surface area contributed by atoms with E-state index in [1.54, 1.807) is 42.5 Å². The smallest absolute Gasteiger partial charge is 0.293 e. The van der Waals surface area contributed by atoms with Crippen LogP contribution in [0.2, 0.25) is 15.1 Å². The van der Waals surface area contributed by atoms with E-state index >= 15 is 0 Å². The van der Waals surface area contributed by atoms with Gasteiger partial charge in [0.2, 0.25) is 5.91 Å². The predicted octanol–water partition coefficient (Wildman–Crippen LogP) is 6.77. The normalized spacial score (nSPS) is 10.5. The van der Waals surface area contributed by atoms with Crippen LogP contribution in [0.4, 0.5) is 11.4 Å². The number of halogens is 3. The number of nitrogens with one attached hydrogen (secondary N) is 3. The molecular formula is C22H18Cl3N3O3S. The number of hydrogen-bond donors (Lipinski definition) is 3. The number of carbonyl (C=O) groups excluding carboxylic acids is 2. The maximum Gasteiger partial charge on any atom is 0.293 e. The molecule has 0 bridgehead atoms. The van der Waals surface area contributed by atoms with Crippen molar-refractivity contribution in [2.75, 3.05) is 10.6 Å². The largest absolute Gasteiger partial charge is 0.451 e. The van der Waals surface area contributed by atoms with Gasteiger partial charge in [0.25, 0.3) is 5.91 Å². The molecule has 3 rings (SSSR count). The van der Waals surface area contributed by atoms with Crippen molar-refractivity contribution in [3.8, 4) is 11.3 Å². The standard InChI is InChI=1S/C22H18Cl3N3O3S/c1-2-3-20(29)26-13-5-7-15(24)17(11-13)27-22(32)28-21(30)19-9-8-18(31-19)12-4-6-14(23)16(25)10-12/h4-11H,2-3H2,1H3,(H,26,29)(H2,27,28,30,32). The van der Waals surface area contributed by atoms with Crippen LogP contribution in [0.1, 0.15) is 30.3 Å². The third kappa shape index (κ3) is 6.23. The topological polar surface area (TPSA) is 83.4 Å². The molecule has 0 aliphatic rings. The van der Waals surface area contributed by atoms with Crippen LogP contribution < -0.4 is 16.0 Å². The second-order valence-corrected chi connectivity index (χ2v) is 8.32. The van der Waals surface area contributed by atoms with Crippen LogP contribution in [0.3, 0.4) is 0 Å². The molecule has 1 aromatic heterocycles. The molecule has 0 radical (unpaired) electrons. The maximum absolute atomic E-state index is 12.5. The Balaban J connectivity index is 1.65. The van der Waals surface area contributed by atoms with Crippen LogP contribution in [0.25, 0.3) is 11.3 Å². The minimum Gasteiger partial charge on any atom is -0.451 e. The van der Waals surface area contributed by atoms with Crippen LogP contribution >= 0.6 is 47.0 Å². The lowest BCUT2D eigenvalue weighted by Crippen LogP contribution is -2.34. The van der Waals surface area contributed by atoms with Crippen molar-refractivity contribution in [3.63, 3.8) is 0 Å². The molecule has 0 fully saturated rings. The number of rotatable bonds is 6. The van der Waals surface area contributed by atoms with E-state index in [9.17, 15) is 9.59 Å². The Bertz CT molecular complexity index is 1180. The first-order valence-electron chi connectivity index (χ1n) is 9.53. The van der Waals surface area contributed by atoms with Crippen molar-refractivity contribution in [2.45, 2.75) is 19.8 Å². The number of anilines is 2. The molecule has 10 heteroatoms. The molecule has 0 aliphatic heterocycles. The molecule has 0 spiro atoms. The minimum absolute atomic E-state index is 0.0152. The Morgan fingerprint density at radius 3 is 2.41 bits per heavy atom. The summed E-state index contributed by atoms with van der Waals surface area (Å²) in [5.41, 5.74) is 1.66. The van der Waals surface area contributed by atoms with E-state index < -0.39 is 5.91 Å². The molecule has 2 amide bonds. The predicted molar refractivity (Wildman–Crippen MR) is 133 cm³/mol. The summed E-state index contributed by atoms with van der Waals surface area (Å²) in [5, 5.41) is 9.34. The van der Waals surface area contributed by atoms with Crippen LogP contribution in [0.5, 0.6) is 0 Å². The van der Waals surface area contributed by atoms with Crippen LogP contribution in [0.15, 0.2) is 52.9 Å². The van der Waals surface area contributed by atoms with Gasteiger partial charge in [-0.05, 0) is 67.2 Å². The highest BCUT2D eigenvalue weighted by molar-refractivity contribution is 7.80. The molecule has 32 heavy (non-hydrogen) atoms. The van der Waals surface area contributed by atoms with Gasteiger partial charge >= 0.3 is 0 Å². The number of benzene rings is 2. The highest BCUT2D eigenvalue weighted by atomic mass is 35.5. The summed E-state index contributed by atoms with van der Waals surface area (Å²) in [6, 6.07) is 13.1. The molecule has 0 atom stereocenters. The van der Waals surface area contributed by atoms with E-state index in [-0.39, 0.29) is 16.8 Å². The third-order valence-electron chi connectivity index (χ3n) is 4.24. The molecule has 6 nitrogen and oxygen atoms in total. The highest BCUT2D eigenvalue weighted by Gasteiger charge is 2.15. The Morgan fingerprint density at radius 1 is 0.938 bits per heavy atom. The van der Waals surface area contributed by atoms with Crippen LogP contribution in [-0.2, 0) is 4.79 Å². The summed E-state index contributed by atoms with van der Waals surface area (Å²) in [7, 11) is 0.